The number of benzene rings is 4. The number of nitrogens with one attached hydrogen (secondary N) is 6. The van der Waals surface area contributed by atoms with E-state index in [1.54, 1.807) is 72.8 Å². The van der Waals surface area contributed by atoms with Crippen LogP contribution in [0.3, 0.4) is 0 Å². The SMILES string of the molecule is CCNc1nc(NCC)nc(Nc2ccc(-c3ccc(Nc4nc(NCC)nc(NCC)n4)c4c3C(=O)c3ccccc3C4=O)c3c2C(=O)c2ccccc2C3=O)n1. The van der Waals surface area contributed by atoms with Crippen LogP contribution in [0.2, 0.25) is 0 Å². The van der Waals surface area contributed by atoms with Crippen molar-refractivity contribution in [1.82, 2.24) is 29.9 Å². The van der Waals surface area contributed by atoms with E-state index in [1.807, 2.05) is 27.7 Å². The second-order valence-corrected chi connectivity index (χ2v) is 13.2. The zero-order valence-corrected chi connectivity index (χ0v) is 32.1. The van der Waals surface area contributed by atoms with Gasteiger partial charge in [-0.25, -0.2) is 0 Å². The Hall–Kier alpha value is -7.62. The molecule has 0 bridgehead atoms. The van der Waals surface area contributed by atoms with Gasteiger partial charge in [-0.2, -0.15) is 29.9 Å². The third kappa shape index (κ3) is 6.59. The van der Waals surface area contributed by atoms with E-state index in [4.69, 9.17) is 0 Å². The molecule has 290 valence electrons. The molecule has 0 saturated carbocycles. The number of hydrogen-bond acceptors (Lipinski definition) is 16. The number of carbonyl (C=O) groups is 4. The van der Waals surface area contributed by atoms with Gasteiger partial charge in [0.25, 0.3) is 0 Å². The van der Waals surface area contributed by atoms with Crippen molar-refractivity contribution in [2.75, 3.05) is 58.1 Å². The predicted octanol–water partition coefficient (Wildman–Crippen LogP) is 6.49. The third-order valence-corrected chi connectivity index (χ3v) is 9.55. The molecule has 0 amide bonds. The highest BCUT2D eigenvalue weighted by Gasteiger charge is 2.38. The lowest BCUT2D eigenvalue weighted by Gasteiger charge is -2.26. The highest BCUT2D eigenvalue weighted by molar-refractivity contribution is 6.35. The molecule has 16 nitrogen and oxygen atoms in total. The first-order chi connectivity index (χ1) is 28.2. The number of nitrogens with zero attached hydrogens (tertiary/aromatic N) is 6. The van der Waals surface area contributed by atoms with Crippen LogP contribution >= 0.6 is 0 Å². The molecule has 6 aromatic rings. The lowest BCUT2D eigenvalue weighted by atomic mass is 9.75. The van der Waals surface area contributed by atoms with E-state index in [-0.39, 0.29) is 78.9 Å². The van der Waals surface area contributed by atoms with Gasteiger partial charge in [0.05, 0.1) is 22.5 Å². The van der Waals surface area contributed by atoms with Crippen LogP contribution in [0.1, 0.15) is 91.4 Å². The Labute approximate surface area is 332 Å². The van der Waals surface area contributed by atoms with Crippen LogP contribution in [0.5, 0.6) is 0 Å². The van der Waals surface area contributed by atoms with Gasteiger partial charge >= 0.3 is 0 Å². The van der Waals surface area contributed by atoms with Crippen molar-refractivity contribution < 1.29 is 19.2 Å². The molecule has 0 saturated heterocycles. The second-order valence-electron chi connectivity index (χ2n) is 13.2. The minimum atomic E-state index is -0.427. The maximum Gasteiger partial charge on any atom is 0.233 e. The van der Waals surface area contributed by atoms with E-state index < -0.39 is 23.1 Å². The molecule has 0 radical (unpaired) electrons. The van der Waals surface area contributed by atoms with Gasteiger partial charge in [0.15, 0.2) is 23.1 Å². The topological polar surface area (TPSA) is 218 Å². The van der Waals surface area contributed by atoms with Crippen molar-refractivity contribution in [3.63, 3.8) is 0 Å². The molecule has 0 atom stereocenters. The Bertz CT molecular complexity index is 2450. The number of hydrogen-bond donors (Lipinski definition) is 6. The van der Waals surface area contributed by atoms with Gasteiger partial charge in [0, 0.05) is 59.6 Å². The van der Waals surface area contributed by atoms with Gasteiger partial charge in [0.2, 0.25) is 35.7 Å². The van der Waals surface area contributed by atoms with Crippen molar-refractivity contribution in [2.24, 2.45) is 0 Å². The molecule has 0 unspecified atom stereocenters. The summed E-state index contributed by atoms with van der Waals surface area (Å²) in [5.41, 5.74) is 2.26. The van der Waals surface area contributed by atoms with E-state index in [9.17, 15) is 19.2 Å². The fraction of sp³-hybridized carbons (Fsp3) is 0.190. The molecule has 2 aliphatic rings. The molecule has 58 heavy (non-hydrogen) atoms. The van der Waals surface area contributed by atoms with Crippen molar-refractivity contribution >= 4 is 70.2 Å². The van der Waals surface area contributed by atoms with E-state index in [1.165, 1.54) is 0 Å². The second kappa shape index (κ2) is 15.5. The third-order valence-electron chi connectivity index (χ3n) is 9.55. The van der Waals surface area contributed by atoms with E-state index >= 15 is 0 Å². The number of aromatic nitrogens is 6. The van der Waals surface area contributed by atoms with E-state index in [2.05, 4.69) is 61.8 Å². The quantitative estimate of drug-likeness (QED) is 0.0738. The molecule has 8 rings (SSSR count). The van der Waals surface area contributed by atoms with Crippen LogP contribution in [0.4, 0.5) is 47.1 Å². The average molecular weight is 775 g/mol. The van der Waals surface area contributed by atoms with Gasteiger partial charge in [0.1, 0.15) is 0 Å². The fourth-order valence-electron chi connectivity index (χ4n) is 7.16. The molecule has 4 aromatic carbocycles. The molecule has 6 N–H and O–H groups in total. The van der Waals surface area contributed by atoms with Crippen LogP contribution in [0.25, 0.3) is 11.1 Å². The summed E-state index contributed by atoms with van der Waals surface area (Å²) in [6, 6.07) is 19.8. The Kier molecular flexibility index (Phi) is 9.96. The monoisotopic (exact) mass is 774 g/mol. The molecule has 16 heteroatoms. The molecule has 2 aliphatic carbocycles. The minimum absolute atomic E-state index is 0.0617. The maximum absolute atomic E-state index is 14.7. The first kappa shape index (κ1) is 37.3. The Morgan fingerprint density at radius 3 is 0.914 bits per heavy atom. The van der Waals surface area contributed by atoms with E-state index in [0.29, 0.717) is 50.0 Å². The largest absolute Gasteiger partial charge is 0.354 e. The number of carbonyl (C=O) groups excluding carboxylic acids is 4. The van der Waals surface area contributed by atoms with Crippen LogP contribution < -0.4 is 31.9 Å². The van der Waals surface area contributed by atoms with Crippen molar-refractivity contribution in [1.29, 1.82) is 0 Å². The smallest absolute Gasteiger partial charge is 0.233 e. The summed E-state index contributed by atoms with van der Waals surface area (Å²) >= 11 is 0. The van der Waals surface area contributed by atoms with Crippen LogP contribution in [0.15, 0.2) is 72.8 Å². The van der Waals surface area contributed by atoms with Crippen LogP contribution in [0, 0.1) is 0 Å². The van der Waals surface area contributed by atoms with Crippen molar-refractivity contribution in [3.8, 4) is 11.1 Å². The lowest BCUT2D eigenvalue weighted by molar-refractivity contribution is 0.0978. The summed E-state index contributed by atoms with van der Waals surface area (Å²) in [5.74, 6) is -0.166. The summed E-state index contributed by atoms with van der Waals surface area (Å²) in [6.45, 7) is 9.85. The molecular formula is C42H38N12O4. The molecule has 2 heterocycles. The van der Waals surface area contributed by atoms with Crippen molar-refractivity contribution in [2.45, 2.75) is 27.7 Å². The molecule has 0 fully saturated rings. The highest BCUT2D eigenvalue weighted by atomic mass is 16.1. The van der Waals surface area contributed by atoms with Crippen molar-refractivity contribution in [3.05, 3.63) is 117 Å². The Balaban J connectivity index is 1.34. The van der Waals surface area contributed by atoms with Gasteiger partial charge in [-0.3, -0.25) is 19.2 Å². The van der Waals surface area contributed by atoms with E-state index in [0.717, 1.165) is 0 Å². The Morgan fingerprint density at radius 1 is 0.345 bits per heavy atom. The molecule has 0 aliphatic heterocycles. The maximum atomic E-state index is 14.7. The molecule has 2 aromatic heterocycles. The number of anilines is 8. The van der Waals surface area contributed by atoms with Crippen LogP contribution in [-0.2, 0) is 0 Å². The summed E-state index contributed by atoms with van der Waals surface area (Å²) in [7, 11) is 0. The molecular weight excluding hydrogens is 737 g/mol. The normalized spacial score (nSPS) is 12.6. The highest BCUT2D eigenvalue weighted by Crippen LogP contribution is 2.44. The predicted molar refractivity (Wildman–Crippen MR) is 221 cm³/mol. The lowest BCUT2D eigenvalue weighted by Crippen LogP contribution is -2.25. The number of fused-ring (bicyclic) bond motifs is 4. The molecule has 0 spiro atoms. The van der Waals surface area contributed by atoms with Gasteiger partial charge < -0.3 is 31.9 Å². The average Bonchev–Trinajstić information content (AvgIpc) is 3.22. The summed E-state index contributed by atoms with van der Waals surface area (Å²) in [5, 5.41) is 18.7. The summed E-state index contributed by atoms with van der Waals surface area (Å²) < 4.78 is 0. The first-order valence-corrected chi connectivity index (χ1v) is 19.0. The van der Waals surface area contributed by atoms with Gasteiger partial charge in [-0.15, -0.1) is 0 Å². The zero-order valence-electron chi connectivity index (χ0n) is 32.1. The van der Waals surface area contributed by atoms with Crippen LogP contribution in [-0.4, -0.2) is 79.2 Å². The standard InChI is InChI=1S/C42H38N12O4/c1-5-43-37-49-38(44-6-2)52-41(51-37)47-27-19-17-21(29-31(27)35(57)25-15-11-9-13-23(25)33(29)55)22-18-20-28(48-42-53-39(45-7-3)50-40(54-42)46-8-4)32-30(22)34(56)24-14-10-12-16-26(24)36(32)58/h9-20H,5-8H2,1-4H3,(H3,43,44,47,49,51,52)(H3,45,46,48,50,53,54). The summed E-state index contributed by atoms with van der Waals surface area (Å²) in [6.07, 6.45) is 0. The number of ketones is 4. The zero-order chi connectivity index (χ0) is 40.5. The van der Waals surface area contributed by atoms with Gasteiger partial charge in [-0.1, -0.05) is 60.7 Å². The first-order valence-electron chi connectivity index (χ1n) is 19.0. The number of rotatable bonds is 13. The Morgan fingerprint density at radius 2 is 0.621 bits per heavy atom. The fourth-order valence-corrected chi connectivity index (χ4v) is 7.16. The minimum Gasteiger partial charge on any atom is -0.354 e. The van der Waals surface area contributed by atoms with Gasteiger partial charge in [-0.05, 0) is 51.0 Å². The summed E-state index contributed by atoms with van der Waals surface area (Å²) in [4.78, 5) is 85.2.